The van der Waals surface area contributed by atoms with Gasteiger partial charge in [-0.2, -0.15) is 0 Å². The van der Waals surface area contributed by atoms with Crippen LogP contribution in [0.3, 0.4) is 0 Å². The third kappa shape index (κ3) is 7.91. The molecule has 4 aromatic rings. The molecule has 0 aromatic heterocycles. The van der Waals surface area contributed by atoms with Crippen LogP contribution in [0.2, 0.25) is 0 Å². The van der Waals surface area contributed by atoms with Gasteiger partial charge in [-0.1, -0.05) is 66.7 Å². The molecule has 0 radical (unpaired) electrons. The van der Waals surface area contributed by atoms with Crippen LogP contribution in [0.1, 0.15) is 26.3 Å². The summed E-state index contributed by atoms with van der Waals surface area (Å²) in [4.78, 5) is 25.5. The van der Waals surface area contributed by atoms with Gasteiger partial charge in [-0.25, -0.2) is 0 Å². The van der Waals surface area contributed by atoms with Gasteiger partial charge in [0.2, 0.25) is 0 Å². The molecule has 0 fully saturated rings. The number of carbonyl (C=O) groups excluding carboxylic acids is 2. The summed E-state index contributed by atoms with van der Waals surface area (Å²) >= 11 is 5.34. The van der Waals surface area contributed by atoms with Gasteiger partial charge < -0.3 is 20.1 Å². The molecular weight excluding hydrogens is 498 g/mol. The van der Waals surface area contributed by atoms with Gasteiger partial charge in [0.1, 0.15) is 24.7 Å². The standard InChI is InChI=1S/C30H27N3O4S/c34-28(31-21-22-10-3-1-4-11-22)23-12-9-13-24(20-23)32-30(38)33-29(35)26-16-7-8-17-27(26)37-19-18-36-25-14-5-2-6-15-25/h1-17,20H,18-19,21H2,(H,31,34)(H2,32,33,35,38). The minimum atomic E-state index is -0.418. The summed E-state index contributed by atoms with van der Waals surface area (Å²) in [6.45, 7) is 1.02. The zero-order valence-electron chi connectivity index (χ0n) is 20.6. The number of hydrogen-bond donors (Lipinski definition) is 3. The Kier molecular flexibility index (Phi) is 9.42. The molecule has 2 amide bonds. The average molecular weight is 526 g/mol. The number of amides is 2. The maximum absolute atomic E-state index is 12.9. The van der Waals surface area contributed by atoms with Crippen molar-refractivity contribution in [2.75, 3.05) is 18.5 Å². The van der Waals surface area contributed by atoms with E-state index in [-0.39, 0.29) is 17.6 Å². The van der Waals surface area contributed by atoms with Gasteiger partial charge in [-0.15, -0.1) is 0 Å². The van der Waals surface area contributed by atoms with Crippen LogP contribution in [0.25, 0.3) is 0 Å². The second-order valence-corrected chi connectivity index (χ2v) is 8.57. The fourth-order valence-corrected chi connectivity index (χ4v) is 3.77. The summed E-state index contributed by atoms with van der Waals surface area (Å²) in [5.74, 6) is 0.534. The lowest BCUT2D eigenvalue weighted by molar-refractivity contribution is 0.0948. The normalized spacial score (nSPS) is 10.2. The third-order valence-corrected chi connectivity index (χ3v) is 5.59. The van der Waals surface area contributed by atoms with Gasteiger partial charge >= 0.3 is 0 Å². The van der Waals surface area contributed by atoms with Gasteiger partial charge in [0.05, 0.1) is 5.56 Å². The van der Waals surface area contributed by atoms with Crippen LogP contribution in [0.5, 0.6) is 11.5 Å². The van der Waals surface area contributed by atoms with E-state index in [2.05, 4.69) is 16.0 Å². The van der Waals surface area contributed by atoms with Crippen LogP contribution in [0.15, 0.2) is 109 Å². The van der Waals surface area contributed by atoms with Crippen LogP contribution < -0.4 is 25.4 Å². The van der Waals surface area contributed by atoms with E-state index in [1.807, 2.05) is 60.7 Å². The summed E-state index contributed by atoms with van der Waals surface area (Å²) in [5, 5.41) is 8.62. The highest BCUT2D eigenvalue weighted by molar-refractivity contribution is 7.80. The average Bonchev–Trinajstić information content (AvgIpc) is 2.95. The number of rotatable bonds is 10. The van der Waals surface area contributed by atoms with Crippen LogP contribution in [0.4, 0.5) is 5.69 Å². The van der Waals surface area contributed by atoms with Crippen molar-refractivity contribution in [1.29, 1.82) is 0 Å². The summed E-state index contributed by atoms with van der Waals surface area (Å²) in [5.41, 5.74) is 2.39. The molecule has 0 atom stereocenters. The summed E-state index contributed by atoms with van der Waals surface area (Å²) < 4.78 is 11.4. The Morgan fingerprint density at radius 3 is 2.18 bits per heavy atom. The molecule has 8 heteroatoms. The van der Waals surface area contributed by atoms with E-state index < -0.39 is 5.91 Å². The van der Waals surface area contributed by atoms with E-state index in [0.717, 1.165) is 11.3 Å². The lowest BCUT2D eigenvalue weighted by Gasteiger charge is -2.14. The molecule has 0 saturated heterocycles. The van der Waals surface area contributed by atoms with Gasteiger partial charge in [0, 0.05) is 17.8 Å². The number of para-hydroxylation sites is 2. The Bertz CT molecular complexity index is 1380. The highest BCUT2D eigenvalue weighted by atomic mass is 32.1. The van der Waals surface area contributed by atoms with Crippen molar-refractivity contribution >= 4 is 34.8 Å². The number of anilines is 1. The van der Waals surface area contributed by atoms with Crippen LogP contribution in [0, 0.1) is 0 Å². The van der Waals surface area contributed by atoms with Gasteiger partial charge in [-0.3, -0.25) is 14.9 Å². The molecule has 0 bridgehead atoms. The number of nitrogens with one attached hydrogen (secondary N) is 3. The molecule has 4 aromatic carbocycles. The maximum atomic E-state index is 12.9. The topological polar surface area (TPSA) is 88.7 Å². The van der Waals surface area contributed by atoms with Crippen LogP contribution >= 0.6 is 12.2 Å². The first-order chi connectivity index (χ1) is 18.6. The number of thiocarbonyl (C=S) groups is 1. The van der Waals surface area contributed by atoms with Crippen molar-refractivity contribution in [1.82, 2.24) is 10.6 Å². The second-order valence-electron chi connectivity index (χ2n) is 8.16. The van der Waals surface area contributed by atoms with E-state index in [4.69, 9.17) is 21.7 Å². The predicted octanol–water partition coefficient (Wildman–Crippen LogP) is 5.20. The molecule has 192 valence electrons. The lowest BCUT2D eigenvalue weighted by atomic mass is 10.1. The first-order valence-corrected chi connectivity index (χ1v) is 12.4. The Morgan fingerprint density at radius 2 is 1.39 bits per heavy atom. The van der Waals surface area contributed by atoms with Crippen molar-refractivity contribution in [3.05, 3.63) is 126 Å². The SMILES string of the molecule is O=C(NCc1ccccc1)c1cccc(NC(=S)NC(=O)c2ccccc2OCCOc2ccccc2)c1. The minimum absolute atomic E-state index is 0.0963. The summed E-state index contributed by atoms with van der Waals surface area (Å²) in [7, 11) is 0. The van der Waals surface area contributed by atoms with Crippen LogP contribution in [-0.2, 0) is 6.54 Å². The number of ether oxygens (including phenoxy) is 2. The van der Waals surface area contributed by atoms with Crippen molar-refractivity contribution in [3.8, 4) is 11.5 Å². The van der Waals surface area contributed by atoms with Gasteiger partial charge in [0.25, 0.3) is 11.8 Å². The Balaban J connectivity index is 1.29. The number of hydrogen-bond acceptors (Lipinski definition) is 5. The molecule has 4 rings (SSSR count). The largest absolute Gasteiger partial charge is 0.490 e. The van der Waals surface area contributed by atoms with E-state index in [1.54, 1.807) is 48.5 Å². The molecule has 0 aliphatic rings. The Morgan fingerprint density at radius 1 is 0.711 bits per heavy atom. The second kappa shape index (κ2) is 13.6. The van der Waals surface area contributed by atoms with Crippen molar-refractivity contribution in [2.24, 2.45) is 0 Å². The molecule has 0 spiro atoms. The first kappa shape index (κ1) is 26.4. The van der Waals surface area contributed by atoms with Crippen molar-refractivity contribution < 1.29 is 19.1 Å². The highest BCUT2D eigenvalue weighted by Gasteiger charge is 2.14. The summed E-state index contributed by atoms with van der Waals surface area (Å²) in [6.07, 6.45) is 0. The zero-order valence-corrected chi connectivity index (χ0v) is 21.4. The quantitative estimate of drug-likeness (QED) is 0.195. The Hall–Kier alpha value is -4.69. The van der Waals surface area contributed by atoms with E-state index >= 15 is 0 Å². The molecule has 0 heterocycles. The molecule has 0 aliphatic heterocycles. The fraction of sp³-hybridized carbons (Fsp3) is 0.100. The smallest absolute Gasteiger partial charge is 0.261 e. The summed E-state index contributed by atoms with van der Waals surface area (Å²) in [6, 6.07) is 32.9. The molecule has 7 nitrogen and oxygen atoms in total. The lowest BCUT2D eigenvalue weighted by Crippen LogP contribution is -2.34. The van der Waals surface area contributed by atoms with Gasteiger partial charge in [-0.05, 0) is 60.2 Å². The van der Waals surface area contributed by atoms with E-state index in [1.165, 1.54) is 0 Å². The Labute approximate surface area is 226 Å². The van der Waals surface area contributed by atoms with Crippen molar-refractivity contribution in [2.45, 2.75) is 6.54 Å². The minimum Gasteiger partial charge on any atom is -0.490 e. The molecule has 0 unspecified atom stereocenters. The number of benzene rings is 4. The van der Waals surface area contributed by atoms with Gasteiger partial charge in [0.15, 0.2) is 5.11 Å². The molecule has 0 aliphatic carbocycles. The molecule has 3 N–H and O–H groups in total. The fourth-order valence-electron chi connectivity index (χ4n) is 3.56. The predicted molar refractivity (Wildman–Crippen MR) is 152 cm³/mol. The van der Waals surface area contributed by atoms with E-state index in [9.17, 15) is 9.59 Å². The van der Waals surface area contributed by atoms with E-state index in [0.29, 0.717) is 35.7 Å². The zero-order chi connectivity index (χ0) is 26.6. The first-order valence-electron chi connectivity index (χ1n) is 12.0. The van der Waals surface area contributed by atoms with Crippen molar-refractivity contribution in [3.63, 3.8) is 0 Å². The maximum Gasteiger partial charge on any atom is 0.261 e. The number of carbonyl (C=O) groups is 2. The molecular formula is C30H27N3O4S. The molecule has 38 heavy (non-hydrogen) atoms. The highest BCUT2D eigenvalue weighted by Crippen LogP contribution is 2.18. The third-order valence-electron chi connectivity index (χ3n) is 5.39. The monoisotopic (exact) mass is 525 g/mol. The van der Waals surface area contributed by atoms with Crippen LogP contribution in [-0.4, -0.2) is 30.1 Å². The molecule has 0 saturated carbocycles.